The number of carbonyl (C=O) groups is 3. The third-order valence-electron chi connectivity index (χ3n) is 8.03. The first-order valence-electron chi connectivity index (χ1n) is 17.1. The molecular weight excluding hydrogens is 843 g/mol. The molecule has 3 rings (SSSR count). The Kier molecular flexibility index (Phi) is 18.4. The van der Waals surface area contributed by atoms with Crippen LogP contribution in [0.1, 0.15) is 58.6 Å². The highest BCUT2D eigenvalue weighted by Crippen LogP contribution is 2.56. The molecule has 0 aliphatic carbocycles. The van der Waals surface area contributed by atoms with Crippen LogP contribution >= 0.6 is 35.2 Å². The lowest BCUT2D eigenvalue weighted by Gasteiger charge is -2.36. The van der Waals surface area contributed by atoms with Gasteiger partial charge in [0.15, 0.2) is 22.8 Å². The van der Waals surface area contributed by atoms with E-state index in [0.29, 0.717) is 12.2 Å². The number of phosphoric ester groups is 3. The lowest BCUT2D eigenvalue weighted by Crippen LogP contribution is -2.46. The number of aromatic nitrogens is 4. The predicted molar refractivity (Wildman–Crippen MR) is 192 cm³/mol. The van der Waals surface area contributed by atoms with Gasteiger partial charge < -0.3 is 69.0 Å². The molecule has 1 aliphatic heterocycles. The number of carbonyl (C=O) groups excluding carboxylic acids is 3. The van der Waals surface area contributed by atoms with Gasteiger partial charge in [0.05, 0.1) is 27.4 Å². The molecule has 0 radical (unpaired) electrons. The number of nitrogens with one attached hydrogen (secondary N) is 2. The molecule has 3 heterocycles. The topological polar surface area (TPSA) is 375 Å². The van der Waals surface area contributed by atoms with E-state index in [4.69, 9.17) is 10.5 Å². The molecule has 7 atom stereocenters. The Bertz CT molecular complexity index is 1850. The number of nitrogens with two attached hydrogens (primary N) is 1. The number of nitrogens with zero attached hydrogens (tertiary/aromatic N) is 4. The maximum Gasteiger partial charge on any atom is 0.274 e. The minimum absolute atomic E-state index is 0.0171. The molecule has 24 nitrogen and oxygen atoms in total. The van der Waals surface area contributed by atoms with E-state index >= 15 is 0 Å². The van der Waals surface area contributed by atoms with Gasteiger partial charge in [0, 0.05) is 37.1 Å². The van der Waals surface area contributed by atoms with Crippen LogP contribution in [0.4, 0.5) is 5.82 Å². The molecular formula is C29H44N7O17P3S-4. The van der Waals surface area contributed by atoms with Crippen molar-refractivity contribution < 1.29 is 80.5 Å². The molecule has 0 spiro atoms. The molecule has 2 amide bonds. The van der Waals surface area contributed by atoms with Crippen molar-refractivity contribution in [2.45, 2.75) is 83.0 Å². The SMILES string of the molecule is C=CCCCCCC(=O)SCCNC(=O)CCNC(=O)[C@H](O)C(C)(C)COP(=O)([O-])OP(=O)([O-])OC[C@H]1O[C@@H](n2cnc3c(N)ncnc32)[C@H](O)[C@@H]1OP(=O)([O-])[O-]. The van der Waals surface area contributed by atoms with Crippen LogP contribution in [-0.4, -0.2) is 103 Å². The number of imidazole rings is 1. The number of allylic oxidation sites excluding steroid dienone is 1. The molecule has 1 aliphatic rings. The van der Waals surface area contributed by atoms with Crippen molar-refractivity contribution in [2.75, 3.05) is 37.8 Å². The van der Waals surface area contributed by atoms with Crippen LogP contribution in [0.3, 0.4) is 0 Å². The summed E-state index contributed by atoms with van der Waals surface area (Å²) in [7, 11) is -17.6. The number of nitrogen functional groups attached to an aromatic ring is 1. The van der Waals surface area contributed by atoms with Gasteiger partial charge in [-0.3, -0.25) is 28.1 Å². The molecule has 322 valence electrons. The molecule has 2 aromatic heterocycles. The summed E-state index contributed by atoms with van der Waals surface area (Å²) >= 11 is 1.10. The van der Waals surface area contributed by atoms with Crippen molar-refractivity contribution >= 4 is 69.1 Å². The fourth-order valence-electron chi connectivity index (χ4n) is 5.08. The van der Waals surface area contributed by atoms with Gasteiger partial charge in [0.25, 0.3) is 15.6 Å². The zero-order valence-corrected chi connectivity index (χ0v) is 34.2. The molecule has 0 saturated carbocycles. The zero-order chi connectivity index (χ0) is 42.6. The highest BCUT2D eigenvalue weighted by molar-refractivity contribution is 8.13. The van der Waals surface area contributed by atoms with Gasteiger partial charge in [-0.2, -0.15) is 0 Å². The Hall–Kier alpha value is -2.70. The van der Waals surface area contributed by atoms with E-state index in [1.54, 1.807) is 0 Å². The molecule has 0 aromatic carbocycles. The van der Waals surface area contributed by atoms with Gasteiger partial charge >= 0.3 is 0 Å². The van der Waals surface area contributed by atoms with Crippen molar-refractivity contribution in [2.24, 2.45) is 5.41 Å². The van der Waals surface area contributed by atoms with E-state index in [2.05, 4.69) is 50.0 Å². The van der Waals surface area contributed by atoms with Crippen molar-refractivity contribution in [3.63, 3.8) is 0 Å². The minimum Gasteiger partial charge on any atom is -0.790 e. The largest absolute Gasteiger partial charge is 0.790 e. The number of hydrogen-bond acceptors (Lipinski definition) is 22. The molecule has 2 aromatic rings. The molecule has 1 fully saturated rings. The van der Waals surface area contributed by atoms with Gasteiger partial charge in [-0.15, -0.1) is 6.58 Å². The van der Waals surface area contributed by atoms with Crippen LogP contribution in [0.25, 0.3) is 11.2 Å². The normalized spacial score (nSPS) is 21.4. The first kappa shape index (κ1) is 48.7. The number of phosphoric acid groups is 3. The lowest BCUT2D eigenvalue weighted by atomic mass is 9.87. The summed E-state index contributed by atoms with van der Waals surface area (Å²) in [5.74, 6) is -1.17. The smallest absolute Gasteiger partial charge is 0.274 e. The average molecular weight is 888 g/mol. The Morgan fingerprint density at radius 3 is 2.46 bits per heavy atom. The fourth-order valence-corrected chi connectivity index (χ4v) is 8.54. The number of aliphatic hydroxyl groups excluding tert-OH is 2. The number of anilines is 1. The first-order valence-corrected chi connectivity index (χ1v) is 22.5. The van der Waals surface area contributed by atoms with Crippen LogP contribution in [0.15, 0.2) is 25.3 Å². The second-order valence-electron chi connectivity index (χ2n) is 13.1. The van der Waals surface area contributed by atoms with Gasteiger partial charge in [-0.1, -0.05) is 38.1 Å². The van der Waals surface area contributed by atoms with E-state index in [1.807, 2.05) is 6.08 Å². The van der Waals surface area contributed by atoms with Gasteiger partial charge in [-0.05, 0) is 19.3 Å². The first-order chi connectivity index (χ1) is 26.6. The third kappa shape index (κ3) is 15.8. The Morgan fingerprint density at radius 2 is 1.77 bits per heavy atom. The highest BCUT2D eigenvalue weighted by Gasteiger charge is 2.47. The molecule has 2 unspecified atom stereocenters. The summed E-state index contributed by atoms with van der Waals surface area (Å²) in [6, 6.07) is 0. The summed E-state index contributed by atoms with van der Waals surface area (Å²) in [4.78, 5) is 96.0. The van der Waals surface area contributed by atoms with E-state index in [0.717, 1.165) is 54.7 Å². The van der Waals surface area contributed by atoms with Crippen molar-refractivity contribution in [1.82, 2.24) is 30.2 Å². The molecule has 28 heteroatoms. The molecule has 57 heavy (non-hydrogen) atoms. The van der Waals surface area contributed by atoms with Crippen LogP contribution in [0.5, 0.6) is 0 Å². The standard InChI is InChI=1S/C29H48N7O17P3S/c1-4-5-6-7-8-9-20(38)57-13-12-31-19(37)10-11-32-27(41)24(40)29(2,3)15-50-56(47,48)53-55(45,46)49-14-18-23(52-54(42,43)44)22(39)28(51-18)36-17-35-21-25(30)33-16-34-26(21)36/h4,16-18,22-24,28,39-40H,1,5-15H2,2-3H3,(H,31,37)(H,32,41)(H,45,46)(H,47,48)(H2,30,33,34)(H2,42,43,44)/p-4/t18-,22-,23-,24+,28-/m1/s1. The molecule has 1 saturated heterocycles. The Balaban J connectivity index is 1.45. The lowest BCUT2D eigenvalue weighted by molar-refractivity contribution is -0.347. The number of hydrogen-bond donors (Lipinski definition) is 5. The Morgan fingerprint density at radius 1 is 1.07 bits per heavy atom. The number of fused-ring (bicyclic) bond motifs is 1. The summed E-state index contributed by atoms with van der Waals surface area (Å²) in [6.45, 7) is 3.77. The number of thioether (sulfide) groups is 1. The maximum atomic E-state index is 12.5. The summed E-state index contributed by atoms with van der Waals surface area (Å²) < 4.78 is 60.5. The van der Waals surface area contributed by atoms with Crippen LogP contribution < -0.4 is 35.9 Å². The minimum atomic E-state index is -5.91. The number of ether oxygens (including phenoxy) is 1. The van der Waals surface area contributed by atoms with E-state index < -0.39 is 84.6 Å². The van der Waals surface area contributed by atoms with Gasteiger partial charge in [0.1, 0.15) is 36.3 Å². The second kappa shape index (κ2) is 21.5. The van der Waals surface area contributed by atoms with E-state index in [9.17, 15) is 57.9 Å². The summed E-state index contributed by atoms with van der Waals surface area (Å²) in [6.07, 6.45) is -1.76. The van der Waals surface area contributed by atoms with Crippen LogP contribution in [0, 0.1) is 5.41 Å². The number of amides is 2. The van der Waals surface area contributed by atoms with Crippen LogP contribution in [-0.2, 0) is 50.7 Å². The Labute approximate surface area is 330 Å². The summed E-state index contributed by atoms with van der Waals surface area (Å²) in [5.41, 5.74) is 4.07. The fraction of sp³-hybridized carbons (Fsp3) is 0.655. The zero-order valence-electron chi connectivity index (χ0n) is 30.7. The predicted octanol–water partition coefficient (Wildman–Crippen LogP) is -1.73. The monoisotopic (exact) mass is 887 g/mol. The molecule has 6 N–H and O–H groups in total. The average Bonchev–Trinajstić information content (AvgIpc) is 3.68. The third-order valence-corrected chi connectivity index (χ3v) is 12.0. The van der Waals surface area contributed by atoms with Gasteiger partial charge in [0.2, 0.25) is 11.8 Å². The molecule has 0 bridgehead atoms. The maximum absolute atomic E-state index is 12.5. The number of unbranched alkanes of at least 4 members (excludes halogenated alkanes) is 3. The van der Waals surface area contributed by atoms with E-state index in [-0.39, 0.29) is 41.6 Å². The van der Waals surface area contributed by atoms with Crippen molar-refractivity contribution in [3.05, 3.63) is 25.3 Å². The summed E-state index contributed by atoms with van der Waals surface area (Å²) in [5, 5.41) is 26.2. The van der Waals surface area contributed by atoms with Crippen molar-refractivity contribution in [3.8, 4) is 0 Å². The highest BCUT2D eigenvalue weighted by atomic mass is 32.2. The van der Waals surface area contributed by atoms with E-state index in [1.165, 1.54) is 13.8 Å². The van der Waals surface area contributed by atoms with Gasteiger partial charge in [-0.25, -0.2) is 19.3 Å². The second-order valence-corrected chi connectivity index (χ2v) is 18.3. The quantitative estimate of drug-likeness (QED) is 0.0420. The number of rotatable bonds is 25. The van der Waals surface area contributed by atoms with Crippen LogP contribution in [0.2, 0.25) is 0 Å². The van der Waals surface area contributed by atoms with Crippen molar-refractivity contribution in [1.29, 1.82) is 0 Å². The number of aliphatic hydroxyl groups is 2.